The van der Waals surface area contributed by atoms with Crippen molar-refractivity contribution in [3.05, 3.63) is 56.2 Å². The first kappa shape index (κ1) is 19.5. The topological polar surface area (TPSA) is 75.6 Å². The lowest BCUT2D eigenvalue weighted by atomic mass is 10.1. The van der Waals surface area contributed by atoms with Crippen molar-refractivity contribution in [2.45, 2.75) is 38.8 Å². The van der Waals surface area contributed by atoms with E-state index in [1.165, 1.54) is 0 Å². The predicted molar refractivity (Wildman–Crippen MR) is 101 cm³/mol. The minimum atomic E-state index is -0.881. The van der Waals surface area contributed by atoms with E-state index in [1.807, 2.05) is 43.3 Å². The van der Waals surface area contributed by atoms with Crippen LogP contribution in [0.1, 0.15) is 28.2 Å². The van der Waals surface area contributed by atoms with E-state index in [4.69, 9.17) is 9.84 Å². The van der Waals surface area contributed by atoms with Gasteiger partial charge in [0.1, 0.15) is 6.61 Å². The van der Waals surface area contributed by atoms with Crippen LogP contribution in [0.25, 0.3) is 0 Å². The summed E-state index contributed by atoms with van der Waals surface area (Å²) in [7, 11) is 0. The molecule has 1 aromatic carbocycles. The van der Waals surface area contributed by atoms with Crippen LogP contribution in [-0.4, -0.2) is 23.2 Å². The number of alkyl carbamates (subject to hydrolysis) is 1. The van der Waals surface area contributed by atoms with Gasteiger partial charge in [0.15, 0.2) is 0 Å². The number of amides is 1. The Morgan fingerprint density at radius 3 is 2.64 bits per heavy atom. The monoisotopic (exact) mass is 425 g/mol. The summed E-state index contributed by atoms with van der Waals surface area (Å²) in [4.78, 5) is 25.1. The van der Waals surface area contributed by atoms with Gasteiger partial charge in [-0.15, -0.1) is 11.3 Å². The summed E-state index contributed by atoms with van der Waals surface area (Å²) in [5.74, 6) is -0.881. The summed E-state index contributed by atoms with van der Waals surface area (Å²) >= 11 is 5.10. The molecule has 0 saturated carbocycles. The number of carbonyl (C=O) groups is 2. The van der Waals surface area contributed by atoms with Crippen LogP contribution in [0.2, 0.25) is 0 Å². The molecule has 1 atom stereocenters. The molecule has 0 radical (unpaired) electrons. The van der Waals surface area contributed by atoms with Gasteiger partial charge in [0.25, 0.3) is 0 Å². The molecule has 1 heterocycles. The van der Waals surface area contributed by atoms with Gasteiger partial charge in [0, 0.05) is 33.1 Å². The van der Waals surface area contributed by atoms with Crippen molar-refractivity contribution in [3.63, 3.8) is 0 Å². The third kappa shape index (κ3) is 6.88. The number of rotatable bonds is 8. The van der Waals surface area contributed by atoms with E-state index >= 15 is 0 Å². The summed E-state index contributed by atoms with van der Waals surface area (Å²) in [6, 6.07) is 11.1. The highest BCUT2D eigenvalue weighted by Gasteiger charge is 2.17. The maximum Gasteiger partial charge on any atom is 0.407 e. The second-order valence-electron chi connectivity index (χ2n) is 5.66. The normalized spacial score (nSPS) is 11.8. The van der Waals surface area contributed by atoms with Crippen molar-refractivity contribution in [2.24, 2.45) is 0 Å². The van der Waals surface area contributed by atoms with Crippen LogP contribution in [0.15, 0.2) is 40.9 Å². The first-order valence-electron chi connectivity index (χ1n) is 7.88. The molecule has 7 heteroatoms. The van der Waals surface area contributed by atoms with Gasteiger partial charge in [-0.25, -0.2) is 4.79 Å². The number of nitrogens with one attached hydrogen (secondary N) is 1. The minimum absolute atomic E-state index is 0.00480. The number of carboxylic acid groups (broad SMARTS) is 1. The molecule has 0 fully saturated rings. The van der Waals surface area contributed by atoms with E-state index in [1.54, 1.807) is 11.3 Å². The number of thiophene rings is 1. The average Bonchev–Trinajstić information content (AvgIpc) is 2.89. The molecule has 2 aromatic rings. The number of benzene rings is 1. The van der Waals surface area contributed by atoms with Crippen molar-refractivity contribution >= 4 is 39.3 Å². The fourth-order valence-electron chi connectivity index (χ4n) is 2.32. The number of aliphatic carboxylic acids is 1. The summed E-state index contributed by atoms with van der Waals surface area (Å²) in [6.07, 6.45) is 0.385. The predicted octanol–water partition coefficient (Wildman–Crippen LogP) is 4.52. The zero-order chi connectivity index (χ0) is 18.2. The van der Waals surface area contributed by atoms with E-state index in [-0.39, 0.29) is 19.1 Å². The Balaban J connectivity index is 1.92. The van der Waals surface area contributed by atoms with E-state index in [0.29, 0.717) is 12.8 Å². The second kappa shape index (κ2) is 9.58. The van der Waals surface area contributed by atoms with Crippen molar-refractivity contribution in [2.75, 3.05) is 0 Å². The molecule has 1 amide bonds. The highest BCUT2D eigenvalue weighted by Crippen LogP contribution is 2.27. The standard InChI is InChI=1S/C18H20BrNO4S/c1-12-16(19)10-15(25-12)9-14(7-8-17(21)22)20-18(23)24-11-13-5-3-2-4-6-13/h2-6,10,14H,7-9,11H2,1H3,(H,20,23)(H,21,22). The van der Waals surface area contributed by atoms with E-state index < -0.39 is 12.1 Å². The molecule has 0 saturated heterocycles. The molecule has 2 rings (SSSR count). The van der Waals surface area contributed by atoms with Gasteiger partial charge in [-0.05, 0) is 40.9 Å². The fraction of sp³-hybridized carbons (Fsp3) is 0.333. The third-order valence-electron chi connectivity index (χ3n) is 3.60. The molecule has 0 aliphatic heterocycles. The SMILES string of the molecule is Cc1sc(CC(CCC(=O)O)NC(=O)OCc2ccccc2)cc1Br. The summed E-state index contributed by atoms with van der Waals surface area (Å²) in [5.41, 5.74) is 0.901. The fourth-order valence-corrected chi connectivity index (χ4v) is 4.00. The number of carbonyl (C=O) groups excluding carboxylic acids is 1. The number of hydrogen-bond donors (Lipinski definition) is 2. The summed E-state index contributed by atoms with van der Waals surface area (Å²) in [5, 5.41) is 11.7. The molecule has 1 aromatic heterocycles. The number of aryl methyl sites for hydroxylation is 1. The van der Waals surface area contributed by atoms with Crippen LogP contribution in [0.4, 0.5) is 4.79 Å². The molecule has 2 N–H and O–H groups in total. The van der Waals surface area contributed by atoms with Gasteiger partial charge in [0.2, 0.25) is 0 Å². The smallest absolute Gasteiger partial charge is 0.407 e. The van der Waals surface area contributed by atoms with E-state index in [0.717, 1.165) is 19.8 Å². The molecule has 134 valence electrons. The maximum absolute atomic E-state index is 12.0. The molecule has 5 nitrogen and oxygen atoms in total. The Labute approximate surface area is 159 Å². The largest absolute Gasteiger partial charge is 0.481 e. The Bertz CT molecular complexity index is 698. The van der Waals surface area contributed by atoms with Crippen LogP contribution >= 0.6 is 27.3 Å². The van der Waals surface area contributed by atoms with Crippen LogP contribution in [0.3, 0.4) is 0 Å². The van der Waals surface area contributed by atoms with Gasteiger partial charge in [-0.3, -0.25) is 4.79 Å². The highest BCUT2D eigenvalue weighted by atomic mass is 79.9. The summed E-state index contributed by atoms with van der Waals surface area (Å²) in [6.45, 7) is 2.19. The lowest BCUT2D eigenvalue weighted by molar-refractivity contribution is -0.137. The van der Waals surface area contributed by atoms with Crippen molar-refractivity contribution < 1.29 is 19.4 Å². The molecule has 0 aliphatic rings. The van der Waals surface area contributed by atoms with Gasteiger partial charge < -0.3 is 15.2 Å². The number of halogens is 1. The Hall–Kier alpha value is -1.86. The maximum atomic E-state index is 12.0. The van der Waals surface area contributed by atoms with Gasteiger partial charge in [-0.1, -0.05) is 30.3 Å². The number of carboxylic acids is 1. The quantitative estimate of drug-likeness (QED) is 0.651. The van der Waals surface area contributed by atoms with E-state index in [9.17, 15) is 9.59 Å². The highest BCUT2D eigenvalue weighted by molar-refractivity contribution is 9.10. The van der Waals surface area contributed by atoms with Gasteiger partial charge in [0.05, 0.1) is 0 Å². The van der Waals surface area contributed by atoms with Gasteiger partial charge >= 0.3 is 12.1 Å². The minimum Gasteiger partial charge on any atom is -0.481 e. The number of hydrogen-bond acceptors (Lipinski definition) is 4. The summed E-state index contributed by atoms with van der Waals surface area (Å²) < 4.78 is 6.25. The first-order chi connectivity index (χ1) is 11.9. The zero-order valence-corrected chi connectivity index (χ0v) is 16.2. The van der Waals surface area contributed by atoms with Crippen molar-refractivity contribution in [1.82, 2.24) is 5.32 Å². The molecular weight excluding hydrogens is 406 g/mol. The molecular formula is C18H20BrNO4S. The number of ether oxygens (including phenoxy) is 1. The third-order valence-corrected chi connectivity index (χ3v) is 5.76. The van der Waals surface area contributed by atoms with Crippen molar-refractivity contribution in [1.29, 1.82) is 0 Å². The van der Waals surface area contributed by atoms with Gasteiger partial charge in [-0.2, -0.15) is 0 Å². The molecule has 0 aliphatic carbocycles. The molecule has 25 heavy (non-hydrogen) atoms. The van der Waals surface area contributed by atoms with Crippen LogP contribution in [0, 0.1) is 6.92 Å². The zero-order valence-electron chi connectivity index (χ0n) is 13.8. The Kier molecular flexibility index (Phi) is 7.46. The Morgan fingerprint density at radius 1 is 1.32 bits per heavy atom. The molecule has 1 unspecified atom stereocenters. The molecule has 0 spiro atoms. The van der Waals surface area contributed by atoms with Crippen LogP contribution in [0.5, 0.6) is 0 Å². The molecule has 0 bridgehead atoms. The van der Waals surface area contributed by atoms with E-state index in [2.05, 4.69) is 21.2 Å². The first-order valence-corrected chi connectivity index (χ1v) is 9.49. The Morgan fingerprint density at radius 2 is 2.04 bits per heavy atom. The lowest BCUT2D eigenvalue weighted by Crippen LogP contribution is -2.37. The van der Waals surface area contributed by atoms with Crippen LogP contribution in [-0.2, 0) is 22.6 Å². The van der Waals surface area contributed by atoms with Crippen LogP contribution < -0.4 is 5.32 Å². The average molecular weight is 426 g/mol. The van der Waals surface area contributed by atoms with Crippen molar-refractivity contribution in [3.8, 4) is 0 Å². The second-order valence-corrected chi connectivity index (χ2v) is 7.85. The lowest BCUT2D eigenvalue weighted by Gasteiger charge is -2.17.